The number of nitrogens with zero attached hydrogens (tertiary/aromatic N) is 1. The lowest BCUT2D eigenvalue weighted by molar-refractivity contribution is 0.0693. The summed E-state index contributed by atoms with van der Waals surface area (Å²) in [4.78, 5) is 14.4. The van der Waals surface area contributed by atoms with E-state index in [-0.39, 0.29) is 0 Å². The van der Waals surface area contributed by atoms with E-state index >= 15 is 0 Å². The predicted octanol–water partition coefficient (Wildman–Crippen LogP) is 2.33. The molecule has 98 valence electrons. The average Bonchev–Trinajstić information content (AvgIpc) is 2.66. The number of rotatable bonds is 3. The fourth-order valence-electron chi connectivity index (χ4n) is 2.16. The number of carboxylic acid groups (broad SMARTS) is 1. The van der Waals surface area contributed by atoms with E-state index in [0.29, 0.717) is 12.2 Å². The van der Waals surface area contributed by atoms with Crippen molar-refractivity contribution in [3.63, 3.8) is 0 Å². The molecule has 0 atom stereocenters. The second-order valence-corrected chi connectivity index (χ2v) is 4.96. The maximum Gasteiger partial charge on any atom is 0.338 e. The molecule has 1 aliphatic rings. The van der Waals surface area contributed by atoms with Crippen LogP contribution in [-0.2, 0) is 4.74 Å². The first-order valence-corrected chi connectivity index (χ1v) is 7.19. The summed E-state index contributed by atoms with van der Waals surface area (Å²) in [5, 5.41) is 9.41. The van der Waals surface area contributed by atoms with Crippen LogP contribution in [0.1, 0.15) is 16.8 Å². The second-order valence-electron chi connectivity index (χ2n) is 4.11. The lowest BCUT2D eigenvalue weighted by Crippen LogP contribution is -2.27. The Balaban J connectivity index is 2.38. The van der Waals surface area contributed by atoms with Gasteiger partial charge in [0.25, 0.3) is 0 Å². The van der Waals surface area contributed by atoms with Crippen LogP contribution in [0.4, 0.5) is 5.69 Å². The Morgan fingerprint density at radius 2 is 2.22 bits per heavy atom. The quantitative estimate of drug-likeness (QED) is 0.852. The lowest BCUT2D eigenvalue weighted by Gasteiger charge is -2.24. The smallest absolute Gasteiger partial charge is 0.338 e. The minimum Gasteiger partial charge on any atom is -0.478 e. The van der Waals surface area contributed by atoms with Crippen LogP contribution in [0.15, 0.2) is 23.1 Å². The molecule has 1 N–H and O–H groups in total. The third kappa shape index (κ3) is 2.79. The van der Waals surface area contributed by atoms with E-state index in [0.717, 1.165) is 36.7 Å². The molecular weight excluding hydrogens is 250 g/mol. The van der Waals surface area contributed by atoms with Crippen LogP contribution in [0.3, 0.4) is 0 Å². The highest BCUT2D eigenvalue weighted by molar-refractivity contribution is 7.98. The van der Waals surface area contributed by atoms with Crippen molar-refractivity contribution in [3.8, 4) is 0 Å². The topological polar surface area (TPSA) is 49.8 Å². The molecule has 0 amide bonds. The monoisotopic (exact) mass is 267 g/mol. The molecule has 0 radical (unpaired) electrons. The normalized spacial score (nSPS) is 16.4. The molecule has 0 aliphatic carbocycles. The highest BCUT2D eigenvalue weighted by Gasteiger charge is 2.20. The van der Waals surface area contributed by atoms with E-state index in [4.69, 9.17) is 4.74 Å². The Bertz CT molecular complexity index is 428. The Hall–Kier alpha value is -1.20. The van der Waals surface area contributed by atoms with Crippen molar-refractivity contribution >= 4 is 23.4 Å². The molecule has 1 aliphatic heterocycles. The van der Waals surface area contributed by atoms with Gasteiger partial charge in [0, 0.05) is 24.6 Å². The summed E-state index contributed by atoms with van der Waals surface area (Å²) >= 11 is 1.47. The largest absolute Gasteiger partial charge is 0.478 e. The van der Waals surface area contributed by atoms with E-state index in [2.05, 4.69) is 4.90 Å². The fourth-order valence-corrected chi connectivity index (χ4v) is 2.77. The van der Waals surface area contributed by atoms with E-state index in [1.165, 1.54) is 11.8 Å². The zero-order chi connectivity index (χ0) is 13.0. The highest BCUT2D eigenvalue weighted by atomic mass is 32.2. The van der Waals surface area contributed by atoms with E-state index in [1.807, 2.05) is 24.5 Å². The van der Waals surface area contributed by atoms with Gasteiger partial charge in [0.05, 0.1) is 17.9 Å². The van der Waals surface area contributed by atoms with Gasteiger partial charge in [0.1, 0.15) is 0 Å². The molecule has 1 saturated heterocycles. The molecule has 0 aromatic heterocycles. The fraction of sp³-hybridized carbons (Fsp3) is 0.462. The van der Waals surface area contributed by atoms with Crippen LogP contribution in [0.25, 0.3) is 0 Å². The first-order valence-electron chi connectivity index (χ1n) is 5.97. The van der Waals surface area contributed by atoms with Crippen molar-refractivity contribution in [3.05, 3.63) is 23.8 Å². The standard InChI is InChI=1S/C13H17NO3S/c1-18-11-5-2-4-10(12(11)13(15)16)14-6-3-8-17-9-7-14/h2,4-5H,3,6-9H2,1H3,(H,15,16). The second kappa shape index (κ2) is 6.11. The van der Waals surface area contributed by atoms with Gasteiger partial charge in [-0.3, -0.25) is 0 Å². The molecule has 5 heteroatoms. The number of carboxylic acids is 1. The van der Waals surface area contributed by atoms with Gasteiger partial charge < -0.3 is 14.7 Å². The van der Waals surface area contributed by atoms with Crippen molar-refractivity contribution in [1.29, 1.82) is 0 Å². The Morgan fingerprint density at radius 3 is 2.94 bits per heavy atom. The van der Waals surface area contributed by atoms with Crippen molar-refractivity contribution in [1.82, 2.24) is 0 Å². The Kier molecular flexibility index (Phi) is 4.49. The van der Waals surface area contributed by atoms with Crippen LogP contribution in [0.5, 0.6) is 0 Å². The SMILES string of the molecule is CSc1cccc(N2CCCOCC2)c1C(=O)O. The number of benzene rings is 1. The van der Waals surface area contributed by atoms with Crippen LogP contribution < -0.4 is 4.90 Å². The lowest BCUT2D eigenvalue weighted by atomic mass is 10.1. The van der Waals surface area contributed by atoms with Crippen molar-refractivity contribution in [2.75, 3.05) is 37.5 Å². The number of anilines is 1. The Labute approximate surface area is 111 Å². The molecule has 2 rings (SSSR count). The van der Waals surface area contributed by atoms with Crippen LogP contribution in [0.2, 0.25) is 0 Å². The Morgan fingerprint density at radius 1 is 1.39 bits per heavy atom. The molecule has 18 heavy (non-hydrogen) atoms. The molecule has 0 bridgehead atoms. The third-order valence-electron chi connectivity index (χ3n) is 3.00. The molecule has 1 heterocycles. The summed E-state index contributed by atoms with van der Waals surface area (Å²) < 4.78 is 5.41. The van der Waals surface area contributed by atoms with Crippen molar-refractivity contribution in [2.45, 2.75) is 11.3 Å². The first kappa shape index (κ1) is 13.2. The molecule has 1 aromatic carbocycles. The maximum atomic E-state index is 11.5. The number of aromatic carboxylic acids is 1. The highest BCUT2D eigenvalue weighted by Crippen LogP contribution is 2.30. The van der Waals surface area contributed by atoms with Gasteiger partial charge in [-0.15, -0.1) is 11.8 Å². The molecule has 0 saturated carbocycles. The third-order valence-corrected chi connectivity index (χ3v) is 3.78. The van der Waals surface area contributed by atoms with E-state index in [1.54, 1.807) is 0 Å². The number of carbonyl (C=O) groups is 1. The average molecular weight is 267 g/mol. The summed E-state index contributed by atoms with van der Waals surface area (Å²) in [6.45, 7) is 3.00. The van der Waals surface area contributed by atoms with Gasteiger partial charge in [0.15, 0.2) is 0 Å². The van der Waals surface area contributed by atoms with Crippen molar-refractivity contribution in [2.24, 2.45) is 0 Å². The zero-order valence-corrected chi connectivity index (χ0v) is 11.2. The van der Waals surface area contributed by atoms with Gasteiger partial charge in [-0.1, -0.05) is 6.07 Å². The predicted molar refractivity (Wildman–Crippen MR) is 72.8 cm³/mol. The summed E-state index contributed by atoms with van der Waals surface area (Å²) in [5.74, 6) is -0.861. The maximum absolute atomic E-state index is 11.5. The van der Waals surface area contributed by atoms with Gasteiger partial charge in [-0.2, -0.15) is 0 Å². The van der Waals surface area contributed by atoms with Crippen LogP contribution in [-0.4, -0.2) is 43.6 Å². The van der Waals surface area contributed by atoms with Gasteiger partial charge in [-0.25, -0.2) is 4.79 Å². The van der Waals surface area contributed by atoms with Crippen molar-refractivity contribution < 1.29 is 14.6 Å². The van der Waals surface area contributed by atoms with Gasteiger partial charge in [0.2, 0.25) is 0 Å². The summed E-state index contributed by atoms with van der Waals surface area (Å²) in [6, 6.07) is 5.65. The molecular formula is C13H17NO3S. The zero-order valence-electron chi connectivity index (χ0n) is 10.4. The van der Waals surface area contributed by atoms with E-state index < -0.39 is 5.97 Å². The van der Waals surface area contributed by atoms with Gasteiger partial charge >= 0.3 is 5.97 Å². The summed E-state index contributed by atoms with van der Waals surface area (Å²) in [7, 11) is 0. The number of hydrogen-bond acceptors (Lipinski definition) is 4. The van der Waals surface area contributed by atoms with Gasteiger partial charge in [-0.05, 0) is 24.8 Å². The summed E-state index contributed by atoms with van der Waals surface area (Å²) in [6.07, 6.45) is 2.83. The number of ether oxygens (including phenoxy) is 1. The molecule has 0 unspecified atom stereocenters. The first-order chi connectivity index (χ1) is 8.74. The summed E-state index contributed by atoms with van der Waals surface area (Å²) in [5.41, 5.74) is 1.21. The van der Waals surface area contributed by atoms with E-state index in [9.17, 15) is 9.90 Å². The molecule has 1 aromatic rings. The number of thioether (sulfide) groups is 1. The number of hydrogen-bond donors (Lipinski definition) is 1. The van der Waals surface area contributed by atoms with Crippen LogP contribution in [0, 0.1) is 0 Å². The van der Waals surface area contributed by atoms with Crippen LogP contribution >= 0.6 is 11.8 Å². The molecule has 1 fully saturated rings. The molecule has 0 spiro atoms. The minimum absolute atomic E-state index is 0.409. The molecule has 4 nitrogen and oxygen atoms in total. The minimum atomic E-state index is -0.861.